The number of thiophene rings is 1. The lowest BCUT2D eigenvalue weighted by atomic mass is 10.1. The number of hydrogen-bond donors (Lipinski definition) is 2. The third-order valence-electron chi connectivity index (χ3n) is 2.85. The number of primary sulfonamides is 1. The Morgan fingerprint density at radius 1 is 1.22 bits per heavy atom. The maximum atomic E-state index is 12.4. The van der Waals surface area contributed by atoms with E-state index >= 15 is 0 Å². The predicted octanol–water partition coefficient (Wildman–Crippen LogP) is 2.34. The third-order valence-corrected chi connectivity index (χ3v) is 5.24. The first-order valence-corrected chi connectivity index (χ1v) is 8.55. The van der Waals surface area contributed by atoms with Gasteiger partial charge in [-0.2, -0.15) is 13.2 Å². The van der Waals surface area contributed by atoms with Crippen molar-refractivity contribution in [3.8, 4) is 0 Å². The summed E-state index contributed by atoms with van der Waals surface area (Å²) in [6.07, 6.45) is -4.41. The summed E-state index contributed by atoms with van der Waals surface area (Å²) in [5.74, 6) is -0.545. The van der Waals surface area contributed by atoms with E-state index in [0.29, 0.717) is 5.56 Å². The van der Waals surface area contributed by atoms with Gasteiger partial charge in [0, 0.05) is 11.9 Å². The molecule has 1 amide bonds. The number of rotatable bonds is 4. The van der Waals surface area contributed by atoms with Gasteiger partial charge in [0.1, 0.15) is 4.21 Å². The van der Waals surface area contributed by atoms with Gasteiger partial charge >= 0.3 is 6.18 Å². The number of halogens is 3. The summed E-state index contributed by atoms with van der Waals surface area (Å²) in [4.78, 5) is 11.9. The molecule has 2 rings (SSSR count). The van der Waals surface area contributed by atoms with Crippen molar-refractivity contribution in [1.29, 1.82) is 0 Å². The van der Waals surface area contributed by atoms with Crippen LogP contribution in [0.4, 0.5) is 13.2 Å². The van der Waals surface area contributed by atoms with Crippen LogP contribution in [0, 0.1) is 0 Å². The second-order valence-corrected chi connectivity index (χ2v) is 7.28. The second-order valence-electron chi connectivity index (χ2n) is 4.58. The van der Waals surface area contributed by atoms with Crippen LogP contribution in [0.3, 0.4) is 0 Å². The first-order chi connectivity index (χ1) is 10.6. The van der Waals surface area contributed by atoms with E-state index in [0.717, 1.165) is 29.5 Å². The number of carbonyl (C=O) groups is 1. The van der Waals surface area contributed by atoms with Crippen LogP contribution in [0.1, 0.15) is 21.5 Å². The molecule has 10 heteroatoms. The van der Waals surface area contributed by atoms with Crippen LogP contribution in [0.5, 0.6) is 0 Å². The van der Waals surface area contributed by atoms with E-state index in [-0.39, 0.29) is 16.3 Å². The Balaban J connectivity index is 2.01. The van der Waals surface area contributed by atoms with Crippen molar-refractivity contribution < 1.29 is 26.4 Å². The van der Waals surface area contributed by atoms with E-state index < -0.39 is 27.7 Å². The Labute approximate surface area is 134 Å². The molecule has 5 nitrogen and oxygen atoms in total. The zero-order valence-electron chi connectivity index (χ0n) is 11.4. The molecule has 0 spiro atoms. The van der Waals surface area contributed by atoms with Gasteiger partial charge in [-0.25, -0.2) is 13.6 Å². The fourth-order valence-electron chi connectivity index (χ4n) is 1.68. The molecule has 0 bridgehead atoms. The molecule has 0 saturated carbocycles. The number of benzene rings is 1. The second kappa shape index (κ2) is 6.30. The third kappa shape index (κ3) is 4.53. The summed E-state index contributed by atoms with van der Waals surface area (Å²) < 4.78 is 59.4. The zero-order chi connectivity index (χ0) is 17.3. The van der Waals surface area contributed by atoms with Gasteiger partial charge in [0.15, 0.2) is 0 Å². The van der Waals surface area contributed by atoms with Crippen molar-refractivity contribution in [1.82, 2.24) is 5.32 Å². The van der Waals surface area contributed by atoms with E-state index in [9.17, 15) is 26.4 Å². The highest BCUT2D eigenvalue weighted by Crippen LogP contribution is 2.29. The van der Waals surface area contributed by atoms with Crippen LogP contribution >= 0.6 is 11.3 Å². The molecule has 23 heavy (non-hydrogen) atoms. The highest BCUT2D eigenvalue weighted by Gasteiger charge is 2.29. The topological polar surface area (TPSA) is 89.3 Å². The predicted molar refractivity (Wildman–Crippen MR) is 78.3 cm³/mol. The number of nitrogens with one attached hydrogen (secondary N) is 1. The molecule has 2 aromatic rings. The molecule has 1 aromatic carbocycles. The molecule has 1 heterocycles. The van der Waals surface area contributed by atoms with Gasteiger partial charge in [0.25, 0.3) is 5.91 Å². The van der Waals surface area contributed by atoms with Gasteiger partial charge in [0.2, 0.25) is 10.0 Å². The summed E-state index contributed by atoms with van der Waals surface area (Å²) in [6, 6.07) is 5.50. The summed E-state index contributed by atoms with van der Waals surface area (Å²) in [6.45, 7) is 0.0114. The highest BCUT2D eigenvalue weighted by molar-refractivity contribution is 7.91. The Kier molecular flexibility index (Phi) is 4.78. The lowest BCUT2D eigenvalue weighted by Crippen LogP contribution is -2.22. The van der Waals surface area contributed by atoms with Crippen LogP contribution in [0.25, 0.3) is 0 Å². The molecule has 124 valence electrons. The molecule has 0 aliphatic heterocycles. The lowest BCUT2D eigenvalue weighted by Gasteiger charge is -2.08. The summed E-state index contributed by atoms with van der Waals surface area (Å²) in [5, 5.41) is 8.77. The number of sulfonamides is 1. The van der Waals surface area contributed by atoms with Crippen LogP contribution in [-0.4, -0.2) is 14.3 Å². The molecular weight excluding hydrogens is 353 g/mol. The van der Waals surface area contributed by atoms with Gasteiger partial charge in [0.05, 0.1) is 11.1 Å². The SMILES string of the molecule is NS(=O)(=O)c1cc(C(=O)NCc2ccc(C(F)(F)F)cc2)cs1. The number of carbonyl (C=O) groups excluding carboxylic acids is 1. The summed E-state index contributed by atoms with van der Waals surface area (Å²) in [5.41, 5.74) is -0.178. The molecule has 0 fully saturated rings. The normalized spacial score (nSPS) is 12.2. The monoisotopic (exact) mass is 364 g/mol. The van der Waals surface area contributed by atoms with Crippen molar-refractivity contribution >= 4 is 27.3 Å². The molecule has 0 radical (unpaired) electrons. The Bertz CT molecular complexity index is 812. The number of alkyl halides is 3. The van der Waals surface area contributed by atoms with Crippen molar-refractivity contribution in [3.05, 3.63) is 52.4 Å². The van der Waals surface area contributed by atoms with E-state index in [1.807, 2.05) is 0 Å². The van der Waals surface area contributed by atoms with E-state index in [4.69, 9.17) is 5.14 Å². The minimum absolute atomic E-state index is 0.0114. The maximum Gasteiger partial charge on any atom is 0.416 e. The average molecular weight is 364 g/mol. The standard InChI is InChI=1S/C13H11F3N2O3S2/c14-13(15,16)10-3-1-8(2-4-10)6-18-12(19)9-5-11(22-7-9)23(17,20)21/h1-5,7H,6H2,(H,18,19)(H2,17,20,21). The number of amides is 1. The van der Waals surface area contributed by atoms with Crippen LogP contribution in [-0.2, 0) is 22.7 Å². The van der Waals surface area contributed by atoms with Gasteiger partial charge in [-0.15, -0.1) is 11.3 Å². The van der Waals surface area contributed by atoms with Gasteiger partial charge in [-0.05, 0) is 23.8 Å². The molecule has 0 aliphatic carbocycles. The van der Waals surface area contributed by atoms with Gasteiger partial charge in [-0.3, -0.25) is 4.79 Å². The first kappa shape index (κ1) is 17.4. The number of nitrogens with two attached hydrogens (primary N) is 1. The summed E-state index contributed by atoms with van der Waals surface area (Å²) in [7, 11) is -3.87. The summed E-state index contributed by atoms with van der Waals surface area (Å²) >= 11 is 0.812. The fraction of sp³-hybridized carbons (Fsp3) is 0.154. The van der Waals surface area contributed by atoms with Crippen LogP contribution in [0.15, 0.2) is 39.9 Å². The Morgan fingerprint density at radius 3 is 2.30 bits per heavy atom. The molecule has 3 N–H and O–H groups in total. The minimum Gasteiger partial charge on any atom is -0.348 e. The first-order valence-electron chi connectivity index (χ1n) is 6.13. The minimum atomic E-state index is -4.41. The van der Waals surface area contributed by atoms with Crippen LogP contribution < -0.4 is 10.5 Å². The van der Waals surface area contributed by atoms with E-state index in [1.54, 1.807) is 0 Å². The lowest BCUT2D eigenvalue weighted by molar-refractivity contribution is -0.137. The van der Waals surface area contributed by atoms with E-state index in [1.165, 1.54) is 17.5 Å². The van der Waals surface area contributed by atoms with Crippen molar-refractivity contribution in [2.75, 3.05) is 0 Å². The van der Waals surface area contributed by atoms with Gasteiger partial charge in [-0.1, -0.05) is 12.1 Å². The Morgan fingerprint density at radius 2 is 1.83 bits per heavy atom. The van der Waals surface area contributed by atoms with Crippen molar-refractivity contribution in [2.24, 2.45) is 5.14 Å². The largest absolute Gasteiger partial charge is 0.416 e. The molecular formula is C13H11F3N2O3S2. The van der Waals surface area contributed by atoms with Gasteiger partial charge < -0.3 is 5.32 Å². The fourth-order valence-corrected chi connectivity index (χ4v) is 3.27. The number of hydrogen-bond acceptors (Lipinski definition) is 4. The molecule has 1 aromatic heterocycles. The zero-order valence-corrected chi connectivity index (χ0v) is 13.1. The molecule has 0 saturated heterocycles. The molecule has 0 unspecified atom stereocenters. The van der Waals surface area contributed by atoms with E-state index in [2.05, 4.69) is 5.32 Å². The van der Waals surface area contributed by atoms with Crippen molar-refractivity contribution in [3.63, 3.8) is 0 Å². The molecule has 0 aliphatic rings. The Hall–Kier alpha value is -1.91. The maximum absolute atomic E-state index is 12.4. The average Bonchev–Trinajstić information content (AvgIpc) is 2.94. The van der Waals surface area contributed by atoms with Crippen molar-refractivity contribution in [2.45, 2.75) is 16.9 Å². The molecule has 0 atom stereocenters. The van der Waals surface area contributed by atoms with Crippen LogP contribution in [0.2, 0.25) is 0 Å². The highest BCUT2D eigenvalue weighted by atomic mass is 32.2. The quantitative estimate of drug-likeness (QED) is 0.873. The smallest absolute Gasteiger partial charge is 0.348 e.